The fourth-order valence-electron chi connectivity index (χ4n) is 1.90. The molecule has 1 heterocycles. The third-order valence-electron chi connectivity index (χ3n) is 2.58. The van der Waals surface area contributed by atoms with E-state index < -0.39 is 8.32 Å². The number of hydrogen-bond donors (Lipinski definition) is 0. The number of hydrogen-bond acceptors (Lipinski definition) is 3. The highest BCUT2D eigenvalue weighted by atomic mass is 28.4. The van der Waals surface area contributed by atoms with Crippen LogP contribution in [-0.2, 0) is 14.0 Å². The first-order chi connectivity index (χ1) is 8.46. The number of rotatable bonds is 4. The fraction of sp³-hybridized carbons (Fsp3) is 0.357. The van der Waals surface area contributed by atoms with Gasteiger partial charge in [-0.3, -0.25) is 0 Å². The lowest BCUT2D eigenvalue weighted by atomic mass is 10.1. The van der Waals surface area contributed by atoms with E-state index >= 15 is 0 Å². The molecule has 0 radical (unpaired) electrons. The van der Waals surface area contributed by atoms with Crippen molar-refractivity contribution in [1.82, 2.24) is 0 Å². The van der Waals surface area contributed by atoms with E-state index in [2.05, 4.69) is 19.6 Å². The lowest BCUT2D eigenvalue weighted by Crippen LogP contribution is -2.33. The van der Waals surface area contributed by atoms with E-state index in [0.29, 0.717) is 0 Å². The lowest BCUT2D eigenvalue weighted by Gasteiger charge is -2.29. The Morgan fingerprint density at radius 2 is 1.89 bits per heavy atom. The van der Waals surface area contributed by atoms with Crippen LogP contribution in [0.25, 0.3) is 0 Å². The maximum Gasteiger partial charge on any atom is 0.331 e. The zero-order valence-electron chi connectivity index (χ0n) is 10.9. The number of cyclic esters (lactones) is 1. The van der Waals surface area contributed by atoms with Crippen LogP contribution in [0.2, 0.25) is 19.6 Å². The maximum atomic E-state index is 11.2. The first-order valence-electron chi connectivity index (χ1n) is 6.07. The Kier molecular flexibility index (Phi) is 3.68. The zero-order chi connectivity index (χ0) is 13.2. The molecule has 0 spiro atoms. The number of esters is 1. The Labute approximate surface area is 109 Å². The highest BCUT2D eigenvalue weighted by molar-refractivity contribution is 6.69. The van der Waals surface area contributed by atoms with Crippen LogP contribution in [0.4, 0.5) is 0 Å². The average Bonchev–Trinajstić information content (AvgIpc) is 2.73. The molecule has 0 aromatic heterocycles. The Balaban J connectivity index is 2.24. The van der Waals surface area contributed by atoms with Gasteiger partial charge in [0.1, 0.15) is 12.2 Å². The van der Waals surface area contributed by atoms with Crippen molar-refractivity contribution in [2.24, 2.45) is 0 Å². The minimum atomic E-state index is -1.72. The van der Waals surface area contributed by atoms with Crippen LogP contribution in [0, 0.1) is 0 Å². The molecule has 0 fully saturated rings. The van der Waals surface area contributed by atoms with Gasteiger partial charge in [0.25, 0.3) is 0 Å². The molecule has 0 bridgehead atoms. The quantitative estimate of drug-likeness (QED) is 0.618. The molecule has 4 heteroatoms. The number of ether oxygens (including phenoxy) is 1. The van der Waals surface area contributed by atoms with E-state index in [0.717, 1.165) is 5.56 Å². The Bertz CT molecular complexity index is 448. The van der Waals surface area contributed by atoms with Gasteiger partial charge in [-0.1, -0.05) is 30.3 Å². The predicted molar refractivity (Wildman–Crippen MR) is 72.6 cm³/mol. The number of carbonyl (C=O) groups is 1. The van der Waals surface area contributed by atoms with E-state index in [9.17, 15) is 4.79 Å². The average molecular weight is 262 g/mol. The summed E-state index contributed by atoms with van der Waals surface area (Å²) in [6.07, 6.45) is 2.72. The summed E-state index contributed by atoms with van der Waals surface area (Å²) >= 11 is 0. The van der Waals surface area contributed by atoms with Gasteiger partial charge in [-0.25, -0.2) is 4.79 Å². The third-order valence-corrected chi connectivity index (χ3v) is 3.54. The molecule has 1 aliphatic rings. The van der Waals surface area contributed by atoms with Crippen molar-refractivity contribution in [2.45, 2.75) is 31.8 Å². The molecule has 1 aromatic rings. The summed E-state index contributed by atoms with van der Waals surface area (Å²) in [5.74, 6) is -0.292. The van der Waals surface area contributed by atoms with Gasteiger partial charge in [0.15, 0.2) is 8.32 Å². The third kappa shape index (κ3) is 3.30. The molecule has 2 atom stereocenters. The van der Waals surface area contributed by atoms with E-state index in [4.69, 9.17) is 9.16 Å². The summed E-state index contributed by atoms with van der Waals surface area (Å²) in [5.41, 5.74) is 1.05. The van der Waals surface area contributed by atoms with Crippen LogP contribution in [0.3, 0.4) is 0 Å². The summed E-state index contributed by atoms with van der Waals surface area (Å²) in [6.45, 7) is 6.39. The highest BCUT2D eigenvalue weighted by Gasteiger charge is 2.32. The largest absolute Gasteiger partial charge is 0.452 e. The van der Waals surface area contributed by atoms with E-state index in [1.54, 1.807) is 6.08 Å². The van der Waals surface area contributed by atoms with Gasteiger partial charge in [-0.05, 0) is 31.3 Å². The second-order valence-corrected chi connectivity index (χ2v) is 9.78. The Morgan fingerprint density at radius 3 is 2.39 bits per heavy atom. The van der Waals surface area contributed by atoms with E-state index in [1.165, 1.54) is 6.08 Å². The minimum absolute atomic E-state index is 0.208. The van der Waals surface area contributed by atoms with Crippen molar-refractivity contribution in [3.8, 4) is 0 Å². The summed E-state index contributed by atoms with van der Waals surface area (Å²) in [6, 6.07) is 9.91. The molecule has 0 unspecified atom stereocenters. The molecule has 0 saturated heterocycles. The number of carbonyl (C=O) groups excluding carboxylic acids is 1. The van der Waals surface area contributed by atoms with Gasteiger partial charge >= 0.3 is 5.97 Å². The molecular formula is C14H18O3Si. The van der Waals surface area contributed by atoms with Gasteiger partial charge < -0.3 is 9.16 Å². The zero-order valence-corrected chi connectivity index (χ0v) is 11.9. The normalized spacial score (nSPS) is 20.8. The van der Waals surface area contributed by atoms with Crippen molar-refractivity contribution >= 4 is 14.3 Å². The van der Waals surface area contributed by atoms with E-state index in [1.807, 2.05) is 30.3 Å². The topological polar surface area (TPSA) is 35.5 Å². The molecule has 0 saturated carbocycles. The predicted octanol–water partition coefficient (Wildman–Crippen LogP) is 3.06. The Morgan fingerprint density at radius 1 is 1.22 bits per heavy atom. The van der Waals surface area contributed by atoms with Crippen LogP contribution in [0.1, 0.15) is 11.7 Å². The van der Waals surface area contributed by atoms with Crippen LogP contribution in [-0.4, -0.2) is 20.4 Å². The SMILES string of the molecule is C[Si](C)(C)O[C@@H](c1ccccc1)[C@H]1C=CC(=O)O1. The lowest BCUT2D eigenvalue weighted by molar-refractivity contribution is -0.142. The van der Waals surface area contributed by atoms with Crippen molar-refractivity contribution in [2.75, 3.05) is 0 Å². The standard InChI is InChI=1S/C14H18O3Si/c1-18(2,3)17-14(11-7-5-4-6-8-11)12-9-10-13(15)16-12/h4-10,12,14H,1-3H3/t12-,14+/m1/s1. The van der Waals surface area contributed by atoms with Gasteiger partial charge in [-0.15, -0.1) is 0 Å². The highest BCUT2D eigenvalue weighted by Crippen LogP contribution is 2.30. The monoisotopic (exact) mass is 262 g/mol. The maximum absolute atomic E-state index is 11.2. The molecule has 1 aliphatic heterocycles. The van der Waals surface area contributed by atoms with Crippen LogP contribution >= 0.6 is 0 Å². The molecule has 2 rings (SSSR count). The minimum Gasteiger partial charge on any atom is -0.452 e. The smallest absolute Gasteiger partial charge is 0.331 e. The molecule has 18 heavy (non-hydrogen) atoms. The van der Waals surface area contributed by atoms with Gasteiger partial charge in [0, 0.05) is 6.08 Å². The van der Waals surface area contributed by atoms with Crippen molar-refractivity contribution < 1.29 is 14.0 Å². The Hall–Kier alpha value is -1.39. The summed E-state index contributed by atoms with van der Waals surface area (Å²) in [5, 5.41) is 0. The van der Waals surface area contributed by atoms with Gasteiger partial charge in [-0.2, -0.15) is 0 Å². The van der Waals surface area contributed by atoms with Gasteiger partial charge in [0.05, 0.1) is 0 Å². The van der Waals surface area contributed by atoms with Crippen molar-refractivity contribution in [3.05, 3.63) is 48.0 Å². The van der Waals surface area contributed by atoms with Crippen molar-refractivity contribution in [3.63, 3.8) is 0 Å². The summed E-state index contributed by atoms with van der Waals surface area (Å²) < 4.78 is 11.4. The second-order valence-electron chi connectivity index (χ2n) is 5.32. The molecule has 1 aromatic carbocycles. The molecule has 0 amide bonds. The summed E-state index contributed by atoms with van der Waals surface area (Å²) in [4.78, 5) is 11.2. The molecule has 3 nitrogen and oxygen atoms in total. The van der Waals surface area contributed by atoms with Crippen molar-refractivity contribution in [1.29, 1.82) is 0 Å². The van der Waals surface area contributed by atoms with E-state index in [-0.39, 0.29) is 18.2 Å². The molecule has 0 aliphatic carbocycles. The molecule has 96 valence electrons. The van der Waals surface area contributed by atoms with Crippen LogP contribution in [0.5, 0.6) is 0 Å². The first kappa shape index (κ1) is 13.0. The number of benzene rings is 1. The fourth-order valence-corrected chi connectivity index (χ4v) is 2.93. The van der Waals surface area contributed by atoms with Crippen LogP contribution in [0.15, 0.2) is 42.5 Å². The second kappa shape index (κ2) is 5.08. The molecular weight excluding hydrogens is 244 g/mol. The van der Waals surface area contributed by atoms with Gasteiger partial charge in [0.2, 0.25) is 0 Å². The molecule has 0 N–H and O–H groups in total. The first-order valence-corrected chi connectivity index (χ1v) is 9.48. The summed E-state index contributed by atoms with van der Waals surface area (Å²) in [7, 11) is -1.72. The van der Waals surface area contributed by atoms with Crippen LogP contribution < -0.4 is 0 Å².